The second-order valence-corrected chi connectivity index (χ2v) is 6.40. The first-order valence-corrected chi connectivity index (χ1v) is 8.37. The smallest absolute Gasteiger partial charge is 0.00258 e. The van der Waals surface area contributed by atoms with Crippen molar-refractivity contribution < 1.29 is 0 Å². The zero-order chi connectivity index (χ0) is 13.6. The molecule has 0 aromatic rings. The van der Waals surface area contributed by atoms with Crippen LogP contribution in [0.4, 0.5) is 0 Å². The normalized spacial score (nSPS) is 13.2. The summed E-state index contributed by atoms with van der Waals surface area (Å²) in [6, 6.07) is 0. The van der Waals surface area contributed by atoms with Crippen LogP contribution < -0.4 is 5.32 Å². The summed E-state index contributed by atoms with van der Waals surface area (Å²) in [6.07, 6.45) is 12.8. The van der Waals surface area contributed by atoms with Gasteiger partial charge in [0.2, 0.25) is 0 Å². The average Bonchev–Trinajstić information content (AvgIpc) is 2.31. The molecule has 0 saturated heterocycles. The standard InChI is InChI=1S/C17H37N/c1-5-12-17(4)13-10-8-6-7-9-11-14-18-15-16(2)3/h16-18H,5-15H2,1-4H3. The molecule has 0 fully saturated rings. The van der Waals surface area contributed by atoms with Gasteiger partial charge in [-0.25, -0.2) is 0 Å². The van der Waals surface area contributed by atoms with Gasteiger partial charge >= 0.3 is 0 Å². The summed E-state index contributed by atoms with van der Waals surface area (Å²) in [4.78, 5) is 0. The zero-order valence-electron chi connectivity index (χ0n) is 13.4. The predicted molar refractivity (Wildman–Crippen MR) is 84.1 cm³/mol. The molecular formula is C17H37N. The fourth-order valence-electron chi connectivity index (χ4n) is 2.48. The van der Waals surface area contributed by atoms with E-state index in [1.807, 2.05) is 0 Å². The highest BCUT2D eigenvalue weighted by molar-refractivity contribution is 4.55. The van der Waals surface area contributed by atoms with Crippen molar-refractivity contribution in [2.75, 3.05) is 13.1 Å². The van der Waals surface area contributed by atoms with Gasteiger partial charge in [0.15, 0.2) is 0 Å². The van der Waals surface area contributed by atoms with Crippen LogP contribution in [0.3, 0.4) is 0 Å². The Balaban J connectivity index is 3.03. The minimum absolute atomic E-state index is 0.787. The maximum Gasteiger partial charge on any atom is -0.00258 e. The van der Waals surface area contributed by atoms with E-state index >= 15 is 0 Å². The third-order valence-corrected chi connectivity index (χ3v) is 3.63. The van der Waals surface area contributed by atoms with E-state index in [-0.39, 0.29) is 0 Å². The van der Waals surface area contributed by atoms with E-state index in [0.717, 1.165) is 11.8 Å². The van der Waals surface area contributed by atoms with Crippen LogP contribution in [0.2, 0.25) is 0 Å². The lowest BCUT2D eigenvalue weighted by molar-refractivity contribution is 0.450. The van der Waals surface area contributed by atoms with Gasteiger partial charge in [-0.2, -0.15) is 0 Å². The maximum absolute atomic E-state index is 3.52. The lowest BCUT2D eigenvalue weighted by Crippen LogP contribution is -2.20. The molecule has 1 N–H and O–H groups in total. The first-order chi connectivity index (χ1) is 8.66. The average molecular weight is 255 g/mol. The molecule has 1 heteroatoms. The topological polar surface area (TPSA) is 12.0 Å². The highest BCUT2D eigenvalue weighted by Crippen LogP contribution is 2.15. The molecule has 0 spiro atoms. The van der Waals surface area contributed by atoms with Crippen molar-refractivity contribution in [2.45, 2.75) is 85.5 Å². The Morgan fingerprint density at radius 1 is 0.778 bits per heavy atom. The molecule has 0 heterocycles. The lowest BCUT2D eigenvalue weighted by Gasteiger charge is -2.09. The summed E-state index contributed by atoms with van der Waals surface area (Å²) < 4.78 is 0. The van der Waals surface area contributed by atoms with Gasteiger partial charge in [0.25, 0.3) is 0 Å². The first kappa shape index (κ1) is 18.0. The van der Waals surface area contributed by atoms with E-state index in [9.17, 15) is 0 Å². The monoisotopic (exact) mass is 255 g/mol. The van der Waals surface area contributed by atoms with Crippen LogP contribution in [0.5, 0.6) is 0 Å². The molecule has 18 heavy (non-hydrogen) atoms. The molecule has 0 amide bonds. The second-order valence-electron chi connectivity index (χ2n) is 6.40. The fraction of sp³-hybridized carbons (Fsp3) is 1.00. The molecule has 0 aromatic heterocycles. The fourth-order valence-corrected chi connectivity index (χ4v) is 2.48. The molecule has 110 valence electrons. The van der Waals surface area contributed by atoms with Crippen LogP contribution in [0.15, 0.2) is 0 Å². The summed E-state index contributed by atoms with van der Waals surface area (Å²) >= 11 is 0. The summed E-state index contributed by atoms with van der Waals surface area (Å²) in [5.74, 6) is 1.74. The van der Waals surface area contributed by atoms with Gasteiger partial charge in [0.05, 0.1) is 0 Å². The third kappa shape index (κ3) is 14.0. The Morgan fingerprint density at radius 2 is 1.39 bits per heavy atom. The predicted octanol–water partition coefficient (Wildman–Crippen LogP) is 5.40. The molecule has 0 aliphatic rings. The number of nitrogens with one attached hydrogen (secondary N) is 1. The van der Waals surface area contributed by atoms with Crippen molar-refractivity contribution in [3.05, 3.63) is 0 Å². The molecule has 0 radical (unpaired) electrons. The van der Waals surface area contributed by atoms with Gasteiger partial charge < -0.3 is 5.32 Å². The van der Waals surface area contributed by atoms with Crippen LogP contribution in [-0.2, 0) is 0 Å². The van der Waals surface area contributed by atoms with Gasteiger partial charge in [-0.15, -0.1) is 0 Å². The van der Waals surface area contributed by atoms with Gasteiger partial charge in [0, 0.05) is 0 Å². The molecule has 0 aliphatic heterocycles. The Kier molecular flexibility index (Phi) is 13.4. The summed E-state index contributed by atoms with van der Waals surface area (Å²) in [6.45, 7) is 11.6. The van der Waals surface area contributed by atoms with Crippen molar-refractivity contribution in [1.29, 1.82) is 0 Å². The van der Waals surface area contributed by atoms with Gasteiger partial charge in [-0.05, 0) is 31.3 Å². The van der Waals surface area contributed by atoms with E-state index in [1.54, 1.807) is 0 Å². The summed E-state index contributed by atoms with van der Waals surface area (Å²) in [5, 5.41) is 3.52. The molecule has 0 aliphatic carbocycles. The maximum atomic E-state index is 3.52. The van der Waals surface area contributed by atoms with E-state index in [4.69, 9.17) is 0 Å². The van der Waals surface area contributed by atoms with E-state index in [2.05, 4.69) is 33.0 Å². The Hall–Kier alpha value is -0.0400. The number of unbranched alkanes of at least 4 members (excludes halogenated alkanes) is 5. The summed E-state index contributed by atoms with van der Waals surface area (Å²) in [7, 11) is 0. The Labute approximate surface area is 116 Å². The van der Waals surface area contributed by atoms with Crippen LogP contribution in [0.25, 0.3) is 0 Å². The van der Waals surface area contributed by atoms with Crippen molar-refractivity contribution in [2.24, 2.45) is 11.8 Å². The third-order valence-electron chi connectivity index (χ3n) is 3.63. The van der Waals surface area contributed by atoms with Gasteiger partial charge in [-0.1, -0.05) is 79.1 Å². The highest BCUT2D eigenvalue weighted by Gasteiger charge is 2.00. The molecule has 1 nitrogen and oxygen atoms in total. The molecule has 1 atom stereocenters. The minimum atomic E-state index is 0.787. The van der Waals surface area contributed by atoms with E-state index in [0.29, 0.717) is 0 Å². The second kappa shape index (κ2) is 13.4. The van der Waals surface area contributed by atoms with E-state index in [1.165, 1.54) is 70.9 Å². The Morgan fingerprint density at radius 3 is 2.00 bits per heavy atom. The quantitative estimate of drug-likeness (QED) is 0.435. The van der Waals surface area contributed by atoms with Crippen LogP contribution in [0, 0.1) is 11.8 Å². The van der Waals surface area contributed by atoms with E-state index < -0.39 is 0 Å². The zero-order valence-corrected chi connectivity index (χ0v) is 13.4. The lowest BCUT2D eigenvalue weighted by atomic mass is 9.98. The van der Waals surface area contributed by atoms with Crippen LogP contribution in [0.1, 0.15) is 85.5 Å². The SMILES string of the molecule is CCCC(C)CCCCCCCCNCC(C)C. The first-order valence-electron chi connectivity index (χ1n) is 8.37. The largest absolute Gasteiger partial charge is 0.316 e. The molecule has 0 saturated carbocycles. The van der Waals surface area contributed by atoms with Crippen molar-refractivity contribution in [1.82, 2.24) is 5.32 Å². The van der Waals surface area contributed by atoms with Gasteiger partial charge in [-0.3, -0.25) is 0 Å². The summed E-state index contributed by atoms with van der Waals surface area (Å²) in [5.41, 5.74) is 0. The number of hydrogen-bond donors (Lipinski definition) is 1. The minimum Gasteiger partial charge on any atom is -0.316 e. The van der Waals surface area contributed by atoms with Gasteiger partial charge in [0.1, 0.15) is 0 Å². The van der Waals surface area contributed by atoms with Crippen molar-refractivity contribution >= 4 is 0 Å². The molecular weight excluding hydrogens is 218 g/mol. The Bertz CT molecular complexity index is 154. The van der Waals surface area contributed by atoms with Crippen molar-refractivity contribution in [3.8, 4) is 0 Å². The molecule has 0 rings (SSSR count). The molecule has 1 unspecified atom stereocenters. The van der Waals surface area contributed by atoms with Crippen LogP contribution >= 0.6 is 0 Å². The number of rotatable bonds is 13. The molecule has 0 bridgehead atoms. The molecule has 0 aromatic carbocycles. The highest BCUT2D eigenvalue weighted by atomic mass is 14.8. The van der Waals surface area contributed by atoms with Crippen molar-refractivity contribution in [3.63, 3.8) is 0 Å². The van der Waals surface area contributed by atoms with Crippen LogP contribution in [-0.4, -0.2) is 13.1 Å². The number of hydrogen-bond acceptors (Lipinski definition) is 1.